The van der Waals surface area contributed by atoms with E-state index < -0.39 is 5.82 Å². The normalized spacial score (nSPS) is 18.9. The third kappa shape index (κ3) is 4.60. The van der Waals surface area contributed by atoms with Crippen LogP contribution in [0.1, 0.15) is 31.9 Å². The molecule has 36 heavy (non-hydrogen) atoms. The maximum atomic E-state index is 15.1. The highest BCUT2D eigenvalue weighted by atomic mass is 19.1. The van der Waals surface area contributed by atoms with Crippen LogP contribution in [0.15, 0.2) is 42.2 Å². The highest BCUT2D eigenvalue weighted by molar-refractivity contribution is 5.76. The van der Waals surface area contributed by atoms with Crippen molar-refractivity contribution in [3.05, 3.63) is 76.4 Å². The molecular weight excluding hydrogens is 462 g/mol. The van der Waals surface area contributed by atoms with Crippen LogP contribution in [0.25, 0.3) is 10.9 Å². The molecule has 2 N–H and O–H groups in total. The number of fused-ring (bicyclic) bond motifs is 1. The second-order valence-corrected chi connectivity index (χ2v) is 9.37. The summed E-state index contributed by atoms with van der Waals surface area (Å²) >= 11 is 0. The van der Waals surface area contributed by atoms with Gasteiger partial charge >= 0.3 is 0 Å². The first-order valence-corrected chi connectivity index (χ1v) is 11.8. The van der Waals surface area contributed by atoms with Crippen molar-refractivity contribution < 1.29 is 13.5 Å². The smallest absolute Gasteiger partial charge is 0.288 e. The zero-order chi connectivity index (χ0) is 25.4. The van der Waals surface area contributed by atoms with Crippen molar-refractivity contribution in [2.75, 3.05) is 23.3 Å². The van der Waals surface area contributed by atoms with Crippen molar-refractivity contribution >= 4 is 29.0 Å². The first-order valence-electron chi connectivity index (χ1n) is 11.8. The molecule has 184 valence electrons. The minimum Gasteiger partial charge on any atom is -0.446 e. The van der Waals surface area contributed by atoms with Crippen LogP contribution >= 0.6 is 0 Å². The van der Waals surface area contributed by atoms with Crippen molar-refractivity contribution in [3.63, 3.8) is 0 Å². The lowest BCUT2D eigenvalue weighted by Crippen LogP contribution is -2.54. The lowest BCUT2D eigenvalue weighted by molar-refractivity contribution is 0.404. The molecule has 1 aliphatic heterocycles. The fourth-order valence-corrected chi connectivity index (χ4v) is 4.83. The third-order valence-corrected chi connectivity index (χ3v) is 6.31. The number of benzene rings is 2. The molecule has 2 atom stereocenters. The van der Waals surface area contributed by atoms with Crippen LogP contribution in [0.2, 0.25) is 0 Å². The average Bonchev–Trinajstić information content (AvgIpc) is 3.22. The molecule has 2 aromatic carbocycles. The average molecular weight is 489 g/mol. The lowest BCUT2D eigenvalue weighted by atomic mass is 10.1. The highest BCUT2D eigenvalue weighted by Gasteiger charge is 2.24. The van der Waals surface area contributed by atoms with Gasteiger partial charge in [-0.2, -0.15) is 0 Å². The van der Waals surface area contributed by atoms with Crippen molar-refractivity contribution in [3.8, 4) is 11.6 Å². The van der Waals surface area contributed by atoms with E-state index in [1.165, 1.54) is 18.5 Å². The van der Waals surface area contributed by atoms with Gasteiger partial charge in [-0.15, -0.1) is 0 Å². The van der Waals surface area contributed by atoms with E-state index in [0.717, 1.165) is 11.1 Å². The number of hydrogen-bond acceptors (Lipinski definition) is 6. The SMILES string of the molecule is [C-]#[N+]c1c(Nc2ccc(N3C[C@@H](C)N[C@@H](C)C3)c(F)c2)ncnc1Oc1ccc2c(c1F)C=C(C)C2. The molecule has 0 radical (unpaired) electrons. The fourth-order valence-electron chi connectivity index (χ4n) is 4.83. The van der Waals surface area contributed by atoms with Crippen molar-refractivity contribution in [2.24, 2.45) is 0 Å². The maximum absolute atomic E-state index is 15.1. The Bertz CT molecular complexity index is 1390. The molecule has 0 amide bonds. The zero-order valence-corrected chi connectivity index (χ0v) is 20.3. The number of allylic oxidation sites excluding steroid dienone is 1. The number of piperazine rings is 1. The van der Waals surface area contributed by atoms with Crippen LogP contribution in [-0.2, 0) is 6.42 Å². The van der Waals surface area contributed by atoms with Crippen LogP contribution in [0.4, 0.5) is 31.7 Å². The molecule has 2 heterocycles. The first kappa shape index (κ1) is 23.7. The van der Waals surface area contributed by atoms with Gasteiger partial charge in [-0.05, 0) is 57.0 Å². The summed E-state index contributed by atoms with van der Waals surface area (Å²) in [6, 6.07) is 8.68. The van der Waals surface area contributed by atoms with Gasteiger partial charge in [0.15, 0.2) is 11.6 Å². The summed E-state index contributed by atoms with van der Waals surface area (Å²) in [4.78, 5) is 13.7. The Morgan fingerprint density at radius 1 is 1.14 bits per heavy atom. The molecule has 5 rings (SSSR count). The Balaban J connectivity index is 1.39. The number of nitrogens with one attached hydrogen (secondary N) is 2. The Morgan fingerprint density at radius 2 is 1.92 bits per heavy atom. The molecule has 1 fully saturated rings. The minimum atomic E-state index is -0.498. The van der Waals surface area contributed by atoms with Crippen molar-refractivity contribution in [1.29, 1.82) is 0 Å². The van der Waals surface area contributed by atoms with Gasteiger partial charge in [-0.25, -0.2) is 23.6 Å². The number of nitrogens with zero attached hydrogens (tertiary/aromatic N) is 4. The number of rotatable bonds is 5. The van der Waals surface area contributed by atoms with E-state index in [4.69, 9.17) is 11.3 Å². The molecule has 1 saturated heterocycles. The lowest BCUT2D eigenvalue weighted by Gasteiger charge is -2.37. The van der Waals surface area contributed by atoms with E-state index >= 15 is 8.78 Å². The summed E-state index contributed by atoms with van der Waals surface area (Å²) in [5.41, 5.74) is 3.36. The van der Waals surface area contributed by atoms with Crippen molar-refractivity contribution in [2.45, 2.75) is 39.3 Å². The molecule has 9 heteroatoms. The van der Waals surface area contributed by atoms with Crippen LogP contribution in [0, 0.1) is 18.2 Å². The summed E-state index contributed by atoms with van der Waals surface area (Å²) in [5.74, 6) is -0.837. The topological polar surface area (TPSA) is 66.7 Å². The van der Waals surface area contributed by atoms with E-state index in [9.17, 15) is 0 Å². The zero-order valence-electron chi connectivity index (χ0n) is 20.3. The van der Waals surface area contributed by atoms with Crippen LogP contribution in [0.3, 0.4) is 0 Å². The Kier molecular flexibility index (Phi) is 6.29. The summed E-state index contributed by atoms with van der Waals surface area (Å²) in [7, 11) is 0. The molecule has 0 saturated carbocycles. The second kappa shape index (κ2) is 9.55. The Labute approximate surface area is 208 Å². The van der Waals surface area contributed by atoms with E-state index in [1.54, 1.807) is 18.2 Å². The summed E-state index contributed by atoms with van der Waals surface area (Å²) in [6.07, 6.45) is 3.71. The molecule has 0 unspecified atom stereocenters. The van der Waals surface area contributed by atoms with Gasteiger partial charge in [-0.1, -0.05) is 17.7 Å². The van der Waals surface area contributed by atoms with Gasteiger partial charge in [0.25, 0.3) is 5.69 Å². The molecule has 1 aromatic heterocycles. The molecular formula is C27H26F2N6O. The third-order valence-electron chi connectivity index (χ3n) is 6.31. The fraction of sp³-hybridized carbons (Fsp3) is 0.296. The van der Waals surface area contributed by atoms with Gasteiger partial charge in [0.05, 0.1) is 12.3 Å². The molecule has 0 bridgehead atoms. The van der Waals surface area contributed by atoms with E-state index in [-0.39, 0.29) is 41.0 Å². The Morgan fingerprint density at radius 3 is 2.64 bits per heavy atom. The van der Waals surface area contributed by atoms with Gasteiger partial charge in [-0.3, -0.25) is 0 Å². The first-order chi connectivity index (χ1) is 17.3. The number of ether oxygens (including phenoxy) is 1. The minimum absolute atomic E-state index is 0.0240. The standard InChI is InChI=1S/C27H26F2N6O/c1-15-9-18-5-8-23(24(29)20(18)10-15)36-27-25(30-4)26(31-14-32-27)34-19-6-7-22(21(28)11-19)35-12-16(2)33-17(3)13-35/h5-8,10-11,14,16-17,33H,9,12-13H2,1-3H3,(H,31,32,34)/t16-,17+. The van der Waals surface area contributed by atoms with Crippen molar-refractivity contribution in [1.82, 2.24) is 15.3 Å². The quantitative estimate of drug-likeness (QED) is 0.430. The number of anilines is 3. The van der Waals surface area contributed by atoms with E-state index in [0.29, 0.717) is 36.4 Å². The molecule has 7 nitrogen and oxygen atoms in total. The predicted molar refractivity (Wildman–Crippen MR) is 136 cm³/mol. The Hall–Kier alpha value is -4.03. The molecule has 3 aromatic rings. The highest BCUT2D eigenvalue weighted by Crippen LogP contribution is 2.39. The van der Waals surface area contributed by atoms with Gasteiger partial charge in [0.1, 0.15) is 18.0 Å². The molecule has 2 aliphatic rings. The summed E-state index contributed by atoms with van der Waals surface area (Å²) in [6.45, 7) is 15.1. The van der Waals surface area contributed by atoms with Gasteiger partial charge in [0, 0.05) is 36.4 Å². The number of halogens is 2. The largest absolute Gasteiger partial charge is 0.446 e. The monoisotopic (exact) mass is 488 g/mol. The maximum Gasteiger partial charge on any atom is 0.288 e. The number of hydrogen-bond donors (Lipinski definition) is 2. The van der Waals surface area contributed by atoms with E-state index in [1.807, 2.05) is 17.9 Å². The predicted octanol–water partition coefficient (Wildman–Crippen LogP) is 5.99. The number of aromatic nitrogens is 2. The summed E-state index contributed by atoms with van der Waals surface area (Å²) in [5, 5.41) is 6.42. The van der Waals surface area contributed by atoms with Crippen LogP contribution < -0.4 is 20.3 Å². The van der Waals surface area contributed by atoms with Gasteiger partial charge in [0.2, 0.25) is 5.88 Å². The second-order valence-electron chi connectivity index (χ2n) is 9.37. The molecule has 1 aliphatic carbocycles. The van der Waals surface area contributed by atoms with Gasteiger partial charge < -0.3 is 20.3 Å². The molecule has 0 spiro atoms. The van der Waals surface area contributed by atoms with Crippen LogP contribution in [-0.4, -0.2) is 35.1 Å². The van der Waals surface area contributed by atoms with Crippen LogP contribution in [0.5, 0.6) is 11.6 Å². The summed E-state index contributed by atoms with van der Waals surface area (Å²) < 4.78 is 35.8. The van der Waals surface area contributed by atoms with E-state index in [2.05, 4.69) is 39.3 Å².